The first-order valence-corrected chi connectivity index (χ1v) is 6.94. The summed E-state index contributed by atoms with van der Waals surface area (Å²) in [5, 5.41) is 9.06. The van der Waals surface area contributed by atoms with E-state index >= 15 is 0 Å². The van der Waals surface area contributed by atoms with Gasteiger partial charge < -0.3 is 9.84 Å². The van der Waals surface area contributed by atoms with Crippen molar-refractivity contribution in [2.24, 2.45) is 0 Å². The van der Waals surface area contributed by atoms with Crippen molar-refractivity contribution in [1.82, 2.24) is 0 Å². The lowest BCUT2D eigenvalue weighted by Gasteiger charge is -2.15. The summed E-state index contributed by atoms with van der Waals surface area (Å²) in [5.41, 5.74) is 2.45. The quantitative estimate of drug-likeness (QED) is 0.837. The Morgan fingerprint density at radius 2 is 2.05 bits per heavy atom. The Bertz CT molecular complexity index is 555. The zero-order valence-electron chi connectivity index (χ0n) is 11.2. The van der Waals surface area contributed by atoms with Crippen LogP contribution in [0.1, 0.15) is 35.2 Å². The number of hydrogen-bond donors (Lipinski definition) is 1. The van der Waals surface area contributed by atoms with Crippen LogP contribution in [0.3, 0.4) is 0 Å². The number of cyclic esters (lactones) is 1. The Kier molecular flexibility index (Phi) is 3.44. The highest BCUT2D eigenvalue weighted by atomic mass is 16.6. The average molecular weight is 275 g/mol. The Morgan fingerprint density at radius 1 is 1.25 bits per heavy atom. The largest absolute Gasteiger partial charge is 0.441 e. The minimum Gasteiger partial charge on any atom is -0.441 e. The number of aliphatic hydroxyl groups excluding tert-OH is 1. The number of carbonyl (C=O) groups is 2. The molecule has 1 aliphatic carbocycles. The van der Waals surface area contributed by atoms with Gasteiger partial charge in [-0.1, -0.05) is 6.07 Å². The van der Waals surface area contributed by atoms with E-state index in [1.54, 1.807) is 6.07 Å². The van der Waals surface area contributed by atoms with Crippen molar-refractivity contribution in [1.29, 1.82) is 0 Å². The minimum atomic E-state index is -0.489. The molecule has 20 heavy (non-hydrogen) atoms. The van der Waals surface area contributed by atoms with Gasteiger partial charge in [0.15, 0.2) is 5.78 Å². The molecule has 1 atom stereocenters. The maximum atomic E-state index is 12.1. The number of rotatable bonds is 2. The van der Waals surface area contributed by atoms with E-state index in [4.69, 9.17) is 9.84 Å². The molecule has 0 saturated carbocycles. The number of Topliss-reactive ketones (excluding diaryl/α,β-unsaturated/α-hetero) is 1. The number of ketones is 1. The van der Waals surface area contributed by atoms with E-state index in [1.165, 1.54) is 4.90 Å². The van der Waals surface area contributed by atoms with E-state index in [0.29, 0.717) is 18.7 Å². The van der Waals surface area contributed by atoms with Gasteiger partial charge in [-0.2, -0.15) is 0 Å². The van der Waals surface area contributed by atoms with Gasteiger partial charge >= 0.3 is 6.09 Å². The molecule has 1 heterocycles. The zero-order chi connectivity index (χ0) is 14.1. The lowest BCUT2D eigenvalue weighted by atomic mass is 10.0. The summed E-state index contributed by atoms with van der Waals surface area (Å²) in [7, 11) is 0. The van der Waals surface area contributed by atoms with E-state index in [0.717, 1.165) is 30.4 Å². The van der Waals surface area contributed by atoms with Gasteiger partial charge in [0.05, 0.1) is 13.2 Å². The van der Waals surface area contributed by atoms with Gasteiger partial charge in [0.25, 0.3) is 0 Å². The summed E-state index contributed by atoms with van der Waals surface area (Å²) in [6.07, 6.45) is 2.46. The van der Waals surface area contributed by atoms with E-state index in [2.05, 4.69) is 0 Å². The molecule has 106 valence electrons. The van der Waals surface area contributed by atoms with Crippen molar-refractivity contribution in [3.8, 4) is 0 Å². The lowest BCUT2D eigenvalue weighted by Crippen LogP contribution is -2.25. The molecule has 1 amide bonds. The Hall–Kier alpha value is -1.88. The van der Waals surface area contributed by atoms with Gasteiger partial charge in [-0.15, -0.1) is 0 Å². The monoisotopic (exact) mass is 275 g/mol. The number of carbonyl (C=O) groups excluding carboxylic acids is 2. The number of amides is 1. The highest BCUT2D eigenvalue weighted by Crippen LogP contribution is 2.28. The van der Waals surface area contributed by atoms with Crippen molar-refractivity contribution < 1.29 is 19.4 Å². The van der Waals surface area contributed by atoms with Crippen LogP contribution in [-0.2, 0) is 11.2 Å². The van der Waals surface area contributed by atoms with E-state index < -0.39 is 12.2 Å². The Labute approximate surface area is 117 Å². The molecule has 1 aromatic rings. The normalized spacial score (nSPS) is 22.4. The number of ether oxygens (including phenoxy) is 1. The van der Waals surface area contributed by atoms with E-state index in [9.17, 15) is 9.59 Å². The molecule has 0 radical (unpaired) electrons. The molecular formula is C15H17NO4. The van der Waals surface area contributed by atoms with Crippen LogP contribution in [0, 0.1) is 0 Å². The van der Waals surface area contributed by atoms with Crippen molar-refractivity contribution >= 4 is 17.6 Å². The SMILES string of the molecule is O=C1CCCCc2ccc(N3CC(CO)OC3=O)cc21. The Morgan fingerprint density at radius 3 is 2.80 bits per heavy atom. The molecular weight excluding hydrogens is 258 g/mol. The summed E-state index contributed by atoms with van der Waals surface area (Å²) in [6.45, 7) is 0.133. The van der Waals surface area contributed by atoms with Crippen LogP contribution in [0.4, 0.5) is 10.5 Å². The van der Waals surface area contributed by atoms with Crippen molar-refractivity contribution in [3.63, 3.8) is 0 Å². The number of aliphatic hydroxyl groups is 1. The van der Waals surface area contributed by atoms with E-state index in [1.807, 2.05) is 12.1 Å². The second-order valence-corrected chi connectivity index (χ2v) is 5.27. The first-order valence-electron chi connectivity index (χ1n) is 6.94. The topological polar surface area (TPSA) is 66.8 Å². The van der Waals surface area contributed by atoms with Crippen molar-refractivity contribution in [2.45, 2.75) is 31.8 Å². The second-order valence-electron chi connectivity index (χ2n) is 5.27. The molecule has 0 aromatic heterocycles. The maximum absolute atomic E-state index is 12.1. The zero-order valence-corrected chi connectivity index (χ0v) is 11.2. The number of aryl methyl sites for hydroxylation is 1. The summed E-state index contributed by atoms with van der Waals surface area (Å²) < 4.78 is 5.03. The summed E-state index contributed by atoms with van der Waals surface area (Å²) in [6, 6.07) is 5.55. The van der Waals surface area contributed by atoms with Crippen LogP contribution < -0.4 is 4.90 Å². The number of benzene rings is 1. The molecule has 3 rings (SSSR count). The molecule has 0 bridgehead atoms. The summed E-state index contributed by atoms with van der Waals surface area (Å²) in [5.74, 6) is 0.144. The number of anilines is 1. The molecule has 1 fully saturated rings. The minimum absolute atomic E-state index is 0.144. The van der Waals surface area contributed by atoms with Gasteiger partial charge in [-0.05, 0) is 37.0 Å². The third-order valence-electron chi connectivity index (χ3n) is 3.88. The van der Waals surface area contributed by atoms with Crippen molar-refractivity contribution in [3.05, 3.63) is 29.3 Å². The van der Waals surface area contributed by atoms with Crippen LogP contribution in [0.25, 0.3) is 0 Å². The molecule has 1 N–H and O–H groups in total. The molecule has 1 unspecified atom stereocenters. The fraction of sp³-hybridized carbons (Fsp3) is 0.467. The summed E-state index contributed by atoms with van der Waals surface area (Å²) >= 11 is 0. The van der Waals surface area contributed by atoms with Crippen molar-refractivity contribution in [2.75, 3.05) is 18.1 Å². The molecule has 5 nitrogen and oxygen atoms in total. The first kappa shape index (κ1) is 13.1. The summed E-state index contributed by atoms with van der Waals surface area (Å²) in [4.78, 5) is 25.3. The number of nitrogens with zero attached hydrogens (tertiary/aromatic N) is 1. The number of hydrogen-bond acceptors (Lipinski definition) is 4. The van der Waals surface area contributed by atoms with Crippen LogP contribution in [0.15, 0.2) is 18.2 Å². The fourth-order valence-electron chi connectivity index (χ4n) is 2.77. The molecule has 2 aliphatic rings. The molecule has 0 spiro atoms. The maximum Gasteiger partial charge on any atom is 0.414 e. The molecule has 1 aliphatic heterocycles. The van der Waals surface area contributed by atoms with Gasteiger partial charge in [0.1, 0.15) is 6.10 Å². The number of fused-ring (bicyclic) bond motifs is 1. The average Bonchev–Trinajstić information content (AvgIpc) is 2.74. The van der Waals surface area contributed by atoms with Crippen LogP contribution in [0.2, 0.25) is 0 Å². The predicted molar refractivity (Wildman–Crippen MR) is 73.0 cm³/mol. The first-order chi connectivity index (χ1) is 9.69. The Balaban J connectivity index is 1.92. The van der Waals surface area contributed by atoms with Gasteiger partial charge in [0.2, 0.25) is 0 Å². The molecule has 5 heteroatoms. The van der Waals surface area contributed by atoms with E-state index in [-0.39, 0.29) is 12.4 Å². The molecule has 1 saturated heterocycles. The highest BCUT2D eigenvalue weighted by molar-refractivity contribution is 6.00. The third kappa shape index (κ3) is 2.29. The van der Waals surface area contributed by atoms with Gasteiger partial charge in [-0.25, -0.2) is 4.79 Å². The standard InChI is InChI=1S/C15H17NO4/c17-9-12-8-16(15(19)20-12)11-6-5-10-3-1-2-4-14(18)13(10)7-11/h5-7,12,17H,1-4,8-9H2. The lowest BCUT2D eigenvalue weighted by molar-refractivity contribution is 0.0962. The fourth-order valence-corrected chi connectivity index (χ4v) is 2.77. The van der Waals surface area contributed by atoms with Crippen LogP contribution in [-0.4, -0.2) is 36.2 Å². The van der Waals surface area contributed by atoms with Crippen LogP contribution >= 0.6 is 0 Å². The van der Waals surface area contributed by atoms with Crippen LogP contribution in [0.5, 0.6) is 0 Å². The third-order valence-corrected chi connectivity index (χ3v) is 3.88. The smallest absolute Gasteiger partial charge is 0.414 e. The highest BCUT2D eigenvalue weighted by Gasteiger charge is 2.32. The molecule has 1 aromatic carbocycles. The predicted octanol–water partition coefficient (Wildman–Crippen LogP) is 1.91. The van der Waals surface area contributed by atoms with Gasteiger partial charge in [-0.3, -0.25) is 9.69 Å². The second kappa shape index (κ2) is 5.25. The van der Waals surface area contributed by atoms with Gasteiger partial charge in [0, 0.05) is 17.7 Å².